The molecule has 0 unspecified atom stereocenters. The summed E-state index contributed by atoms with van der Waals surface area (Å²) in [7, 11) is 0. The van der Waals surface area contributed by atoms with Crippen molar-refractivity contribution in [3.8, 4) is 0 Å². The number of nitrogens with zero attached hydrogens (tertiary/aromatic N) is 1. The van der Waals surface area contributed by atoms with E-state index in [1.807, 2.05) is 0 Å². The lowest BCUT2D eigenvalue weighted by atomic mass is 9.32. The first kappa shape index (κ1) is 31.3. The Balaban J connectivity index is 1.43. The third-order valence-electron chi connectivity index (χ3n) is 15.0. The van der Waals surface area contributed by atoms with Gasteiger partial charge in [-0.1, -0.05) is 60.6 Å². The second-order valence-electron chi connectivity index (χ2n) is 16.5. The summed E-state index contributed by atoms with van der Waals surface area (Å²) in [6.07, 6.45) is 11.7. The van der Waals surface area contributed by atoms with Crippen LogP contribution >= 0.6 is 0 Å². The number of rotatable bonds is 8. The molecule has 0 amide bonds. The van der Waals surface area contributed by atoms with Crippen LogP contribution in [0.5, 0.6) is 0 Å². The minimum atomic E-state index is -0.341. The molecule has 41 heavy (non-hydrogen) atoms. The maximum absolute atomic E-state index is 14.1. The molecule has 5 aliphatic carbocycles. The van der Waals surface area contributed by atoms with Crippen LogP contribution < -0.4 is 0 Å². The molecule has 0 radical (unpaired) electrons. The summed E-state index contributed by atoms with van der Waals surface area (Å²) in [4.78, 5) is 29.6. The molecule has 0 bridgehead atoms. The highest BCUT2D eigenvalue weighted by Crippen LogP contribution is 2.77. The molecule has 5 rings (SSSR count). The Morgan fingerprint density at radius 3 is 2.27 bits per heavy atom. The maximum atomic E-state index is 14.1. The van der Waals surface area contributed by atoms with Crippen LogP contribution in [0.2, 0.25) is 0 Å². The fourth-order valence-electron chi connectivity index (χ4n) is 12.4. The molecule has 0 spiro atoms. The normalized spacial score (nSPS) is 44.9. The molecular formula is C37H61NO3. The zero-order chi connectivity index (χ0) is 30.0. The van der Waals surface area contributed by atoms with E-state index in [-0.39, 0.29) is 33.0 Å². The second-order valence-corrected chi connectivity index (χ2v) is 16.5. The van der Waals surface area contributed by atoms with Crippen LogP contribution in [-0.4, -0.2) is 42.9 Å². The quantitative estimate of drug-likeness (QED) is 0.168. The van der Waals surface area contributed by atoms with Crippen LogP contribution in [0.25, 0.3) is 0 Å². The van der Waals surface area contributed by atoms with E-state index in [2.05, 4.69) is 66.9 Å². The lowest BCUT2D eigenvalue weighted by Gasteiger charge is -2.72. The summed E-state index contributed by atoms with van der Waals surface area (Å²) in [6.45, 7) is 27.0. The fraction of sp³-hybridized carbons (Fsp3) is 0.892. The Hall–Kier alpha value is -1.16. The van der Waals surface area contributed by atoms with Gasteiger partial charge in [-0.2, -0.15) is 0 Å². The third kappa shape index (κ3) is 4.45. The Bertz CT molecular complexity index is 1040. The minimum Gasteiger partial charge on any atom is -0.465 e. The van der Waals surface area contributed by atoms with Crippen molar-refractivity contribution in [2.45, 2.75) is 126 Å². The Morgan fingerprint density at radius 1 is 0.902 bits per heavy atom. The number of carbonyl (C=O) groups is 2. The van der Waals surface area contributed by atoms with Gasteiger partial charge >= 0.3 is 5.97 Å². The Morgan fingerprint density at radius 2 is 1.61 bits per heavy atom. The van der Waals surface area contributed by atoms with Crippen LogP contribution in [0.1, 0.15) is 126 Å². The van der Waals surface area contributed by atoms with Crippen LogP contribution in [0.4, 0.5) is 0 Å². The van der Waals surface area contributed by atoms with E-state index in [1.54, 1.807) is 0 Å². The fourth-order valence-corrected chi connectivity index (χ4v) is 12.4. The molecule has 0 aromatic carbocycles. The average Bonchev–Trinajstić information content (AvgIpc) is 3.33. The van der Waals surface area contributed by atoms with E-state index < -0.39 is 0 Å². The number of fused-ring (bicyclic) bond motifs is 7. The monoisotopic (exact) mass is 567 g/mol. The minimum absolute atomic E-state index is 0.100. The van der Waals surface area contributed by atoms with Gasteiger partial charge in [0.1, 0.15) is 5.78 Å². The van der Waals surface area contributed by atoms with Crippen molar-refractivity contribution in [2.75, 3.05) is 26.2 Å². The van der Waals surface area contributed by atoms with Crippen molar-refractivity contribution in [3.63, 3.8) is 0 Å². The number of ether oxygens (including phenoxy) is 1. The summed E-state index contributed by atoms with van der Waals surface area (Å²) >= 11 is 0. The van der Waals surface area contributed by atoms with Crippen molar-refractivity contribution in [1.29, 1.82) is 0 Å². The smallest absolute Gasteiger partial charge is 0.312 e. The summed E-state index contributed by atoms with van der Waals surface area (Å²) in [5, 5.41) is 0. The van der Waals surface area contributed by atoms with Gasteiger partial charge in [-0.3, -0.25) is 9.59 Å². The summed E-state index contributed by atoms with van der Waals surface area (Å²) in [6, 6.07) is 0. The molecule has 4 nitrogen and oxygen atoms in total. The standard InChI is InChI=1S/C37H61NO3/c1-10-38(11-2)23-12-24-41-32(40)37-20-15-26(25(3)4)31(37)27-13-14-29-34(7)18-17-30(39)33(5,6)28(34)16-19-36(29,9)35(27,8)21-22-37/h26-29,31H,3,10-24H2,1-2,4-9H3/t26-,27+,28-,29+,31+,34-,35+,36+,37-/m0/s1. The molecule has 232 valence electrons. The Kier molecular flexibility index (Phi) is 8.22. The van der Waals surface area contributed by atoms with E-state index in [1.165, 1.54) is 31.3 Å². The van der Waals surface area contributed by atoms with Crippen LogP contribution in [0.15, 0.2) is 12.2 Å². The predicted molar refractivity (Wildman–Crippen MR) is 167 cm³/mol. The lowest BCUT2D eigenvalue weighted by molar-refractivity contribution is -0.236. The highest BCUT2D eigenvalue weighted by molar-refractivity contribution is 5.85. The number of esters is 1. The number of Topliss-reactive ketones (excluding diaryl/α,β-unsaturated/α-hetero) is 1. The highest BCUT2D eigenvalue weighted by Gasteiger charge is 2.72. The first-order chi connectivity index (χ1) is 19.2. The predicted octanol–water partition coefficient (Wildman–Crippen LogP) is 8.49. The number of carbonyl (C=O) groups excluding carboxylic acids is 2. The van der Waals surface area contributed by atoms with Gasteiger partial charge in [0.25, 0.3) is 0 Å². The van der Waals surface area contributed by atoms with Crippen molar-refractivity contribution in [1.82, 2.24) is 4.90 Å². The first-order valence-corrected chi connectivity index (χ1v) is 17.3. The molecule has 4 heteroatoms. The van der Waals surface area contributed by atoms with Crippen molar-refractivity contribution >= 4 is 11.8 Å². The van der Waals surface area contributed by atoms with Crippen molar-refractivity contribution < 1.29 is 14.3 Å². The summed E-state index contributed by atoms with van der Waals surface area (Å²) in [5.41, 5.74) is 1.38. The zero-order valence-electron chi connectivity index (χ0n) is 27.9. The lowest BCUT2D eigenvalue weighted by Crippen LogP contribution is -2.66. The zero-order valence-corrected chi connectivity index (χ0v) is 27.9. The molecule has 5 aliphatic rings. The van der Waals surface area contributed by atoms with E-state index in [0.29, 0.717) is 42.0 Å². The van der Waals surface area contributed by atoms with E-state index in [4.69, 9.17) is 4.74 Å². The number of hydrogen-bond donors (Lipinski definition) is 0. The molecule has 0 aromatic heterocycles. The molecule has 0 aromatic rings. The van der Waals surface area contributed by atoms with Gasteiger partial charge in [-0.05, 0) is 130 Å². The number of hydrogen-bond acceptors (Lipinski definition) is 4. The molecule has 0 N–H and O–H groups in total. The van der Waals surface area contributed by atoms with Crippen molar-refractivity contribution in [3.05, 3.63) is 12.2 Å². The molecule has 0 heterocycles. The van der Waals surface area contributed by atoms with Gasteiger partial charge in [0, 0.05) is 18.4 Å². The second kappa shape index (κ2) is 10.8. The SMILES string of the molecule is C=C(C)[C@@H]1CC[C@]2(C(=O)OCCCN(CC)CC)CC[C@]3(C)[C@H](CC[C@@H]4[C@@]5(C)CCC(=O)C(C)(C)[C@@H]5CC[C@]43C)[C@@H]12. The molecule has 9 atom stereocenters. The van der Waals surface area contributed by atoms with Gasteiger partial charge < -0.3 is 9.64 Å². The van der Waals surface area contributed by atoms with E-state index in [9.17, 15) is 9.59 Å². The molecule has 0 saturated heterocycles. The molecule has 5 saturated carbocycles. The van der Waals surface area contributed by atoms with E-state index in [0.717, 1.165) is 64.6 Å². The van der Waals surface area contributed by atoms with Crippen molar-refractivity contribution in [2.24, 2.45) is 56.7 Å². The maximum Gasteiger partial charge on any atom is 0.312 e. The third-order valence-corrected chi connectivity index (χ3v) is 15.0. The van der Waals surface area contributed by atoms with Gasteiger partial charge in [0.15, 0.2) is 0 Å². The van der Waals surface area contributed by atoms with Gasteiger partial charge in [-0.15, -0.1) is 0 Å². The number of allylic oxidation sites excluding steroid dienone is 1. The summed E-state index contributed by atoms with van der Waals surface area (Å²) in [5.74, 6) is 3.01. The van der Waals surface area contributed by atoms with Crippen LogP contribution in [-0.2, 0) is 14.3 Å². The largest absolute Gasteiger partial charge is 0.465 e. The molecule has 0 aliphatic heterocycles. The number of ketones is 1. The van der Waals surface area contributed by atoms with Gasteiger partial charge in [0.2, 0.25) is 0 Å². The Labute approximate surface area is 251 Å². The van der Waals surface area contributed by atoms with E-state index >= 15 is 0 Å². The van der Waals surface area contributed by atoms with Crippen LogP contribution in [0, 0.1) is 56.7 Å². The average molecular weight is 568 g/mol. The topological polar surface area (TPSA) is 46.6 Å². The van der Waals surface area contributed by atoms with Crippen LogP contribution in [0.3, 0.4) is 0 Å². The first-order valence-electron chi connectivity index (χ1n) is 17.3. The summed E-state index contributed by atoms with van der Waals surface area (Å²) < 4.78 is 6.19. The van der Waals surface area contributed by atoms with Gasteiger partial charge in [-0.25, -0.2) is 0 Å². The molecule has 5 fully saturated rings. The molecular weight excluding hydrogens is 506 g/mol. The highest BCUT2D eigenvalue weighted by atomic mass is 16.5. The van der Waals surface area contributed by atoms with Gasteiger partial charge in [0.05, 0.1) is 12.0 Å².